The van der Waals surface area contributed by atoms with Gasteiger partial charge in [0.25, 0.3) is 0 Å². The van der Waals surface area contributed by atoms with Crippen molar-refractivity contribution in [1.82, 2.24) is 5.32 Å². The number of unbranched alkanes of at least 4 members (excludes halogenated alkanes) is 1. The minimum atomic E-state index is 0.687. The summed E-state index contributed by atoms with van der Waals surface area (Å²) in [7, 11) is 0. The van der Waals surface area contributed by atoms with E-state index in [1.54, 1.807) is 0 Å². The average Bonchev–Trinajstić information content (AvgIpc) is 2.41. The second-order valence-electron chi connectivity index (χ2n) is 2.92. The predicted molar refractivity (Wildman–Crippen MR) is 45.1 cm³/mol. The number of hydrogen-bond acceptors (Lipinski definition) is 1. The van der Waals surface area contributed by atoms with E-state index < -0.39 is 0 Å². The van der Waals surface area contributed by atoms with Gasteiger partial charge in [-0.1, -0.05) is 25.5 Å². The molecule has 0 spiro atoms. The first-order chi connectivity index (χ1) is 4.93. The van der Waals surface area contributed by atoms with Gasteiger partial charge in [0.2, 0.25) is 0 Å². The van der Waals surface area contributed by atoms with Crippen LogP contribution in [0.3, 0.4) is 0 Å². The molecule has 0 bridgehead atoms. The fourth-order valence-electron chi connectivity index (χ4n) is 1.30. The van der Waals surface area contributed by atoms with Crippen LogP contribution in [0.15, 0.2) is 12.2 Å². The van der Waals surface area contributed by atoms with Gasteiger partial charge in [0.05, 0.1) is 0 Å². The van der Waals surface area contributed by atoms with Crippen LogP contribution in [0.5, 0.6) is 0 Å². The Balaban J connectivity index is 2.10. The normalized spacial score (nSPS) is 26.3. The molecule has 1 atom stereocenters. The van der Waals surface area contributed by atoms with Crippen molar-refractivity contribution in [2.24, 2.45) is 0 Å². The Morgan fingerprint density at radius 1 is 1.60 bits per heavy atom. The lowest BCUT2D eigenvalue weighted by Crippen LogP contribution is -2.17. The molecule has 0 amide bonds. The molecule has 1 rings (SSSR count). The molecule has 1 saturated heterocycles. The molecule has 1 heteroatoms. The van der Waals surface area contributed by atoms with Gasteiger partial charge in [-0.15, -0.1) is 0 Å². The van der Waals surface area contributed by atoms with Gasteiger partial charge in [-0.05, 0) is 25.8 Å². The van der Waals surface area contributed by atoms with E-state index in [0.717, 1.165) is 0 Å². The first kappa shape index (κ1) is 7.80. The van der Waals surface area contributed by atoms with Crippen LogP contribution in [0.25, 0.3) is 0 Å². The van der Waals surface area contributed by atoms with Crippen LogP contribution < -0.4 is 5.32 Å². The van der Waals surface area contributed by atoms with Crippen molar-refractivity contribution < 1.29 is 0 Å². The smallest absolute Gasteiger partial charge is 0.0250 e. The van der Waals surface area contributed by atoms with Crippen LogP contribution >= 0.6 is 0 Å². The molecule has 1 nitrogen and oxygen atoms in total. The van der Waals surface area contributed by atoms with E-state index in [0.29, 0.717) is 6.04 Å². The number of rotatable bonds is 3. The van der Waals surface area contributed by atoms with Crippen molar-refractivity contribution in [2.75, 3.05) is 6.54 Å². The highest BCUT2D eigenvalue weighted by Crippen LogP contribution is 2.06. The lowest BCUT2D eigenvalue weighted by molar-refractivity contribution is 0.723. The summed E-state index contributed by atoms with van der Waals surface area (Å²) in [5.74, 6) is 0. The fraction of sp³-hybridized carbons (Fsp3) is 0.778. The molecular weight excluding hydrogens is 122 g/mol. The van der Waals surface area contributed by atoms with Crippen molar-refractivity contribution in [3.63, 3.8) is 0 Å². The van der Waals surface area contributed by atoms with E-state index in [1.807, 2.05) is 0 Å². The average molecular weight is 139 g/mol. The Hall–Kier alpha value is -0.300. The molecule has 0 aromatic heterocycles. The summed E-state index contributed by atoms with van der Waals surface area (Å²) in [6, 6.07) is 0.687. The van der Waals surface area contributed by atoms with Crippen molar-refractivity contribution >= 4 is 0 Å². The third kappa shape index (κ3) is 2.53. The molecule has 0 aromatic carbocycles. The van der Waals surface area contributed by atoms with Crippen molar-refractivity contribution in [2.45, 2.75) is 38.6 Å². The van der Waals surface area contributed by atoms with Crippen LogP contribution in [0.2, 0.25) is 0 Å². The van der Waals surface area contributed by atoms with Crippen molar-refractivity contribution in [1.29, 1.82) is 0 Å². The van der Waals surface area contributed by atoms with E-state index in [4.69, 9.17) is 0 Å². The first-order valence-corrected chi connectivity index (χ1v) is 4.33. The molecule has 10 heavy (non-hydrogen) atoms. The van der Waals surface area contributed by atoms with E-state index in [9.17, 15) is 0 Å². The molecule has 1 aliphatic heterocycles. The molecule has 58 valence electrons. The van der Waals surface area contributed by atoms with Gasteiger partial charge in [-0.3, -0.25) is 0 Å². The Morgan fingerprint density at radius 2 is 2.50 bits per heavy atom. The maximum atomic E-state index is 3.43. The summed E-state index contributed by atoms with van der Waals surface area (Å²) in [4.78, 5) is 0. The minimum absolute atomic E-state index is 0.687. The molecule has 1 fully saturated rings. The predicted octanol–water partition coefficient (Wildman–Crippen LogP) is 2.09. The molecular formula is C9H17N. The summed E-state index contributed by atoms with van der Waals surface area (Å²) < 4.78 is 0. The van der Waals surface area contributed by atoms with Gasteiger partial charge in [-0.2, -0.15) is 0 Å². The largest absolute Gasteiger partial charge is 0.311 e. The molecule has 1 aliphatic rings. The summed E-state index contributed by atoms with van der Waals surface area (Å²) in [6.07, 6.45) is 9.79. The zero-order valence-electron chi connectivity index (χ0n) is 6.77. The molecule has 1 heterocycles. The maximum absolute atomic E-state index is 3.43. The van der Waals surface area contributed by atoms with E-state index in [2.05, 4.69) is 24.4 Å². The Labute approximate surface area is 63.5 Å². The van der Waals surface area contributed by atoms with Crippen LogP contribution in [-0.4, -0.2) is 12.6 Å². The van der Waals surface area contributed by atoms with Gasteiger partial charge in [0, 0.05) is 6.04 Å². The highest BCUT2D eigenvalue weighted by atomic mass is 14.9. The number of nitrogens with one attached hydrogen (secondary N) is 1. The van der Waals surface area contributed by atoms with Gasteiger partial charge in [0.1, 0.15) is 0 Å². The van der Waals surface area contributed by atoms with Crippen LogP contribution in [-0.2, 0) is 0 Å². The molecule has 0 radical (unpaired) electrons. The Bertz CT molecular complexity index is 101. The second-order valence-corrected chi connectivity index (χ2v) is 2.92. The molecule has 1 N–H and O–H groups in total. The van der Waals surface area contributed by atoms with Gasteiger partial charge in [-0.25, -0.2) is 0 Å². The summed E-state index contributed by atoms with van der Waals surface area (Å²) >= 11 is 0. The fourth-order valence-corrected chi connectivity index (χ4v) is 1.30. The van der Waals surface area contributed by atoms with Crippen LogP contribution in [0, 0.1) is 0 Å². The molecule has 0 saturated carbocycles. The maximum Gasteiger partial charge on any atom is 0.0250 e. The summed E-state index contributed by atoms with van der Waals surface area (Å²) in [5.41, 5.74) is 0. The molecule has 1 unspecified atom stereocenters. The lowest BCUT2D eigenvalue weighted by Gasteiger charge is -2.00. The first-order valence-electron chi connectivity index (χ1n) is 4.33. The lowest BCUT2D eigenvalue weighted by atomic mass is 10.2. The van der Waals surface area contributed by atoms with E-state index in [-0.39, 0.29) is 0 Å². The monoisotopic (exact) mass is 139 g/mol. The van der Waals surface area contributed by atoms with Gasteiger partial charge >= 0.3 is 0 Å². The quantitative estimate of drug-likeness (QED) is 0.590. The van der Waals surface area contributed by atoms with E-state index in [1.165, 1.54) is 32.2 Å². The molecule has 0 aliphatic carbocycles. The highest BCUT2D eigenvalue weighted by Gasteiger charge is 2.08. The third-order valence-electron chi connectivity index (χ3n) is 1.92. The highest BCUT2D eigenvalue weighted by molar-refractivity contribution is 4.95. The summed E-state index contributed by atoms with van der Waals surface area (Å²) in [6.45, 7) is 3.42. The number of allylic oxidation sites excluding steroid dienone is 1. The standard InChI is InChI=1S/C9H17N/c1-2-3-4-6-9-7-5-8-10-9/h4,6,9-10H,2-3,5,7-8H2,1H3/b6-4-. The Kier molecular flexibility index (Phi) is 3.52. The zero-order chi connectivity index (χ0) is 7.23. The third-order valence-corrected chi connectivity index (χ3v) is 1.92. The SMILES string of the molecule is CCC/C=C\C1CCCN1. The minimum Gasteiger partial charge on any atom is -0.311 e. The number of hydrogen-bond donors (Lipinski definition) is 1. The molecule has 0 aromatic rings. The van der Waals surface area contributed by atoms with Crippen molar-refractivity contribution in [3.8, 4) is 0 Å². The Morgan fingerprint density at radius 3 is 3.10 bits per heavy atom. The second kappa shape index (κ2) is 4.51. The van der Waals surface area contributed by atoms with Gasteiger partial charge in [0.15, 0.2) is 0 Å². The van der Waals surface area contributed by atoms with Crippen LogP contribution in [0.4, 0.5) is 0 Å². The van der Waals surface area contributed by atoms with Crippen molar-refractivity contribution in [3.05, 3.63) is 12.2 Å². The van der Waals surface area contributed by atoms with Gasteiger partial charge < -0.3 is 5.32 Å². The summed E-state index contributed by atoms with van der Waals surface area (Å²) in [5, 5.41) is 3.43. The van der Waals surface area contributed by atoms with Crippen LogP contribution in [0.1, 0.15) is 32.6 Å². The topological polar surface area (TPSA) is 12.0 Å². The zero-order valence-corrected chi connectivity index (χ0v) is 6.77. The van der Waals surface area contributed by atoms with E-state index >= 15 is 0 Å².